The molecule has 1 saturated heterocycles. The fourth-order valence-corrected chi connectivity index (χ4v) is 2.67. The van der Waals surface area contributed by atoms with E-state index in [1.807, 2.05) is 25.2 Å². The first kappa shape index (κ1) is 13.6. The van der Waals surface area contributed by atoms with Crippen LogP contribution in [0.15, 0.2) is 24.4 Å². The molecule has 1 aliphatic rings. The third-order valence-corrected chi connectivity index (χ3v) is 3.87. The Morgan fingerprint density at radius 3 is 3.05 bits per heavy atom. The number of anilines is 1. The monoisotopic (exact) mass is 291 g/mol. The number of hydrogen-bond acceptors (Lipinski definition) is 4. The summed E-state index contributed by atoms with van der Waals surface area (Å²) in [6, 6.07) is 5.57. The van der Waals surface area contributed by atoms with Gasteiger partial charge in [-0.2, -0.15) is 0 Å². The number of benzene rings is 1. The van der Waals surface area contributed by atoms with Crippen molar-refractivity contribution in [3.8, 4) is 0 Å². The van der Waals surface area contributed by atoms with Gasteiger partial charge in [-0.05, 0) is 37.5 Å². The van der Waals surface area contributed by atoms with Crippen molar-refractivity contribution >= 4 is 28.5 Å². The van der Waals surface area contributed by atoms with Gasteiger partial charge in [0.05, 0.1) is 23.3 Å². The number of rotatable bonds is 3. The fourth-order valence-electron chi connectivity index (χ4n) is 2.51. The Morgan fingerprint density at radius 2 is 2.25 bits per heavy atom. The molecule has 1 unspecified atom stereocenters. The van der Waals surface area contributed by atoms with E-state index in [1.165, 1.54) is 12.8 Å². The standard InChI is InChI=1S/C15H18ClN3O/c1-19(10-12-4-2-3-7-20-12)15-9-17-14-8-11(16)5-6-13(14)18-15/h5-6,8-9,12H,2-4,7,10H2,1H3. The lowest BCUT2D eigenvalue weighted by Crippen LogP contribution is -2.33. The number of fused-ring (bicyclic) bond motifs is 1. The Bertz CT molecular complexity index is 599. The highest BCUT2D eigenvalue weighted by atomic mass is 35.5. The normalized spacial score (nSPS) is 19.2. The first-order valence-corrected chi connectivity index (χ1v) is 7.35. The van der Waals surface area contributed by atoms with E-state index >= 15 is 0 Å². The maximum absolute atomic E-state index is 5.96. The summed E-state index contributed by atoms with van der Waals surface area (Å²) < 4.78 is 5.77. The summed E-state index contributed by atoms with van der Waals surface area (Å²) in [5.74, 6) is 0.869. The molecule has 4 nitrogen and oxygen atoms in total. The largest absolute Gasteiger partial charge is 0.376 e. The smallest absolute Gasteiger partial charge is 0.147 e. The zero-order valence-corrected chi connectivity index (χ0v) is 12.3. The van der Waals surface area contributed by atoms with Crippen LogP contribution in [-0.4, -0.2) is 36.3 Å². The Balaban J connectivity index is 1.76. The summed E-state index contributed by atoms with van der Waals surface area (Å²) in [6.07, 6.45) is 5.65. The quantitative estimate of drug-likeness (QED) is 0.870. The lowest BCUT2D eigenvalue weighted by Gasteiger charge is -2.27. The zero-order valence-electron chi connectivity index (χ0n) is 11.6. The first-order chi connectivity index (χ1) is 9.72. The van der Waals surface area contributed by atoms with Crippen LogP contribution in [0.1, 0.15) is 19.3 Å². The molecule has 1 atom stereocenters. The lowest BCUT2D eigenvalue weighted by atomic mass is 10.1. The Labute approximate surface area is 123 Å². The second-order valence-electron chi connectivity index (χ2n) is 5.23. The summed E-state index contributed by atoms with van der Waals surface area (Å²) >= 11 is 5.96. The van der Waals surface area contributed by atoms with Crippen molar-refractivity contribution in [3.05, 3.63) is 29.4 Å². The molecule has 20 heavy (non-hydrogen) atoms. The predicted molar refractivity (Wildman–Crippen MR) is 81.4 cm³/mol. The van der Waals surface area contributed by atoms with Crippen molar-refractivity contribution in [2.75, 3.05) is 25.1 Å². The fraction of sp³-hybridized carbons (Fsp3) is 0.467. The highest BCUT2D eigenvalue weighted by molar-refractivity contribution is 6.31. The minimum Gasteiger partial charge on any atom is -0.376 e. The van der Waals surface area contributed by atoms with Gasteiger partial charge in [-0.15, -0.1) is 0 Å². The molecule has 0 bridgehead atoms. The molecule has 2 heterocycles. The van der Waals surface area contributed by atoms with Gasteiger partial charge in [0.15, 0.2) is 0 Å². The van der Waals surface area contributed by atoms with Gasteiger partial charge in [-0.25, -0.2) is 4.98 Å². The van der Waals surface area contributed by atoms with Crippen LogP contribution in [0.5, 0.6) is 0 Å². The second kappa shape index (κ2) is 5.94. The first-order valence-electron chi connectivity index (χ1n) is 6.97. The topological polar surface area (TPSA) is 38.2 Å². The van der Waals surface area contributed by atoms with Crippen molar-refractivity contribution in [3.63, 3.8) is 0 Å². The van der Waals surface area contributed by atoms with Gasteiger partial charge in [-0.3, -0.25) is 4.98 Å². The van der Waals surface area contributed by atoms with Gasteiger partial charge in [0.2, 0.25) is 0 Å². The highest BCUT2D eigenvalue weighted by Gasteiger charge is 2.17. The zero-order chi connectivity index (χ0) is 13.9. The molecular weight excluding hydrogens is 274 g/mol. The third-order valence-electron chi connectivity index (χ3n) is 3.63. The van der Waals surface area contributed by atoms with Crippen molar-refractivity contribution in [1.82, 2.24) is 9.97 Å². The van der Waals surface area contributed by atoms with E-state index in [0.29, 0.717) is 11.1 Å². The van der Waals surface area contributed by atoms with Gasteiger partial charge in [0.25, 0.3) is 0 Å². The molecule has 5 heteroatoms. The van der Waals surface area contributed by atoms with Crippen LogP contribution in [0.3, 0.4) is 0 Å². The minimum atomic E-state index is 0.302. The van der Waals surface area contributed by atoms with Crippen LogP contribution >= 0.6 is 11.6 Å². The van der Waals surface area contributed by atoms with Crippen LogP contribution in [0.4, 0.5) is 5.82 Å². The molecule has 0 amide bonds. The molecule has 2 aromatic rings. The van der Waals surface area contributed by atoms with Crippen LogP contribution in [0.25, 0.3) is 11.0 Å². The molecule has 0 aliphatic carbocycles. The van der Waals surface area contributed by atoms with E-state index < -0.39 is 0 Å². The van der Waals surface area contributed by atoms with Crippen molar-refractivity contribution in [1.29, 1.82) is 0 Å². The van der Waals surface area contributed by atoms with Crippen molar-refractivity contribution in [2.24, 2.45) is 0 Å². The maximum atomic E-state index is 5.96. The minimum absolute atomic E-state index is 0.302. The molecule has 106 valence electrons. The lowest BCUT2D eigenvalue weighted by molar-refractivity contribution is 0.0215. The maximum Gasteiger partial charge on any atom is 0.147 e. The van der Waals surface area contributed by atoms with Crippen molar-refractivity contribution < 1.29 is 4.74 Å². The Morgan fingerprint density at radius 1 is 1.35 bits per heavy atom. The number of halogens is 1. The van der Waals surface area contributed by atoms with E-state index in [4.69, 9.17) is 16.3 Å². The molecule has 1 fully saturated rings. The molecule has 0 N–H and O–H groups in total. The van der Waals surface area contributed by atoms with Gasteiger partial charge >= 0.3 is 0 Å². The summed E-state index contributed by atoms with van der Waals surface area (Å²) in [5.41, 5.74) is 1.69. The van der Waals surface area contributed by atoms with E-state index in [-0.39, 0.29) is 0 Å². The van der Waals surface area contributed by atoms with E-state index in [9.17, 15) is 0 Å². The number of likely N-dealkylation sites (N-methyl/N-ethyl adjacent to an activating group) is 1. The van der Waals surface area contributed by atoms with Crippen LogP contribution in [0, 0.1) is 0 Å². The van der Waals surface area contributed by atoms with Crippen LogP contribution < -0.4 is 4.90 Å². The molecular formula is C15H18ClN3O. The Hall–Kier alpha value is -1.39. The van der Waals surface area contributed by atoms with Gasteiger partial charge in [0.1, 0.15) is 5.82 Å². The SMILES string of the molecule is CN(CC1CCCCO1)c1cnc2cc(Cl)ccc2n1. The molecule has 0 saturated carbocycles. The van der Waals surface area contributed by atoms with E-state index in [0.717, 1.165) is 36.4 Å². The second-order valence-corrected chi connectivity index (χ2v) is 5.67. The van der Waals surface area contributed by atoms with Gasteiger partial charge < -0.3 is 9.64 Å². The average molecular weight is 292 g/mol. The third kappa shape index (κ3) is 3.02. The molecule has 1 aliphatic heterocycles. The molecule has 3 rings (SSSR count). The molecule has 0 radical (unpaired) electrons. The van der Waals surface area contributed by atoms with E-state index in [2.05, 4.69) is 14.9 Å². The number of nitrogens with zero attached hydrogens (tertiary/aromatic N) is 3. The number of aromatic nitrogens is 2. The van der Waals surface area contributed by atoms with Crippen molar-refractivity contribution in [2.45, 2.75) is 25.4 Å². The molecule has 0 spiro atoms. The number of ether oxygens (including phenoxy) is 1. The Kier molecular flexibility index (Phi) is 4.03. The van der Waals surface area contributed by atoms with Crippen LogP contribution in [-0.2, 0) is 4.74 Å². The van der Waals surface area contributed by atoms with Gasteiger partial charge in [0, 0.05) is 25.2 Å². The predicted octanol–water partition coefficient (Wildman–Crippen LogP) is 3.29. The highest BCUT2D eigenvalue weighted by Crippen LogP contribution is 2.20. The molecule has 1 aromatic heterocycles. The summed E-state index contributed by atoms with van der Waals surface area (Å²) in [6.45, 7) is 1.73. The summed E-state index contributed by atoms with van der Waals surface area (Å²) in [4.78, 5) is 11.2. The summed E-state index contributed by atoms with van der Waals surface area (Å²) in [7, 11) is 2.03. The number of hydrogen-bond donors (Lipinski definition) is 0. The average Bonchev–Trinajstić information content (AvgIpc) is 2.47. The summed E-state index contributed by atoms with van der Waals surface area (Å²) in [5, 5.41) is 0.684. The molecule has 1 aromatic carbocycles. The van der Waals surface area contributed by atoms with Gasteiger partial charge in [-0.1, -0.05) is 11.6 Å². The van der Waals surface area contributed by atoms with E-state index in [1.54, 1.807) is 6.20 Å². The van der Waals surface area contributed by atoms with Crippen LogP contribution in [0.2, 0.25) is 5.02 Å².